The van der Waals surface area contributed by atoms with Crippen molar-refractivity contribution in [2.24, 2.45) is 7.05 Å². The van der Waals surface area contributed by atoms with Gasteiger partial charge in [-0.05, 0) is 47.9 Å². The summed E-state index contributed by atoms with van der Waals surface area (Å²) < 4.78 is 18.0. The Kier molecular flexibility index (Phi) is 8.62. The quantitative estimate of drug-likeness (QED) is 0.160. The summed E-state index contributed by atoms with van der Waals surface area (Å²) in [6, 6.07) is 10.2. The minimum absolute atomic E-state index is 0.00792. The number of carbonyl (C=O) groups is 2. The van der Waals surface area contributed by atoms with Gasteiger partial charge in [0, 0.05) is 42.7 Å². The molecule has 45 heavy (non-hydrogen) atoms. The zero-order chi connectivity index (χ0) is 32.2. The van der Waals surface area contributed by atoms with Crippen LogP contribution in [0.4, 0.5) is 22.0 Å². The zero-order valence-corrected chi connectivity index (χ0v) is 23.8. The van der Waals surface area contributed by atoms with Crippen molar-refractivity contribution in [3.63, 3.8) is 0 Å². The normalized spacial score (nSPS) is 12.6. The molecule has 0 bridgehead atoms. The molecule has 1 fully saturated rings. The van der Waals surface area contributed by atoms with Gasteiger partial charge in [-0.2, -0.15) is 20.1 Å². The third-order valence-corrected chi connectivity index (χ3v) is 6.82. The number of anilines is 3. The lowest BCUT2D eigenvalue weighted by Crippen LogP contribution is -2.20. The van der Waals surface area contributed by atoms with E-state index in [-0.39, 0.29) is 23.1 Å². The molecule has 6 rings (SSSR count). The van der Waals surface area contributed by atoms with E-state index in [1.165, 1.54) is 10.6 Å². The Bertz CT molecular complexity index is 2000. The van der Waals surface area contributed by atoms with Crippen molar-refractivity contribution in [1.82, 2.24) is 29.3 Å². The first-order valence-electron chi connectivity index (χ1n) is 13.5. The largest absolute Gasteiger partial charge is 0.478 e. The number of aryl methyl sites for hydroxylation is 1. The Hall–Kier alpha value is -5.96. The van der Waals surface area contributed by atoms with Crippen LogP contribution < -0.4 is 16.6 Å². The van der Waals surface area contributed by atoms with Gasteiger partial charge in [-0.3, -0.25) is 14.0 Å². The summed E-state index contributed by atoms with van der Waals surface area (Å²) in [6.07, 6.45) is 8.14. The third-order valence-electron chi connectivity index (χ3n) is 6.82. The van der Waals surface area contributed by atoms with E-state index < -0.39 is 29.9 Å². The first kappa shape index (κ1) is 30.5. The summed E-state index contributed by atoms with van der Waals surface area (Å²) >= 11 is 0. The molecule has 1 saturated carbocycles. The molecule has 3 aromatic heterocycles. The highest BCUT2D eigenvalue weighted by Gasteiger charge is 2.25. The van der Waals surface area contributed by atoms with Gasteiger partial charge >= 0.3 is 11.9 Å². The summed E-state index contributed by atoms with van der Waals surface area (Å²) in [7, 11) is 1.78. The molecule has 3 heterocycles. The number of aliphatic hydroxyl groups is 1. The second-order valence-electron chi connectivity index (χ2n) is 10.1. The minimum Gasteiger partial charge on any atom is -0.478 e. The number of aliphatic hydroxyl groups excluding tert-OH is 1. The zero-order valence-electron chi connectivity index (χ0n) is 23.8. The first-order valence-corrected chi connectivity index (χ1v) is 13.5. The summed E-state index contributed by atoms with van der Waals surface area (Å²) in [5.41, 5.74) is 8.25. The molecule has 5 aromatic rings. The van der Waals surface area contributed by atoms with Crippen molar-refractivity contribution in [3.8, 4) is 17.1 Å². The number of aliphatic carboxylic acids is 2. The van der Waals surface area contributed by atoms with Crippen LogP contribution in [0.1, 0.15) is 29.9 Å². The van der Waals surface area contributed by atoms with Crippen molar-refractivity contribution in [2.75, 3.05) is 11.1 Å². The van der Waals surface area contributed by atoms with Crippen molar-refractivity contribution >= 4 is 40.3 Å². The van der Waals surface area contributed by atoms with E-state index in [0.717, 1.165) is 18.4 Å². The fourth-order valence-electron chi connectivity index (χ4n) is 4.69. The summed E-state index contributed by atoms with van der Waals surface area (Å²) in [6.45, 7) is -0.421. The highest BCUT2D eigenvalue weighted by molar-refractivity contribution is 5.89. The molecule has 6 N–H and O–H groups in total. The second-order valence-corrected chi connectivity index (χ2v) is 10.1. The maximum absolute atomic E-state index is 15.1. The van der Waals surface area contributed by atoms with Crippen LogP contribution in [0.15, 0.2) is 71.9 Å². The number of hydrogen-bond acceptors (Lipinski definition) is 10. The van der Waals surface area contributed by atoms with E-state index in [1.807, 2.05) is 6.07 Å². The van der Waals surface area contributed by atoms with Gasteiger partial charge in [0.05, 0.1) is 29.6 Å². The fraction of sp³-hybridized carbons (Fsp3) is 0.167. The van der Waals surface area contributed by atoms with Crippen LogP contribution in [0, 0.1) is 5.82 Å². The first-order chi connectivity index (χ1) is 21.5. The van der Waals surface area contributed by atoms with Gasteiger partial charge < -0.3 is 26.4 Å². The van der Waals surface area contributed by atoms with Gasteiger partial charge in [0.25, 0.3) is 5.56 Å². The Labute approximate surface area is 253 Å². The molecule has 0 spiro atoms. The number of pyridine rings is 1. The van der Waals surface area contributed by atoms with Crippen LogP contribution >= 0.6 is 0 Å². The molecule has 14 nitrogen and oxygen atoms in total. The summed E-state index contributed by atoms with van der Waals surface area (Å²) in [5, 5.41) is 33.7. The van der Waals surface area contributed by atoms with E-state index in [4.69, 9.17) is 15.9 Å². The monoisotopic (exact) mass is 614 g/mol. The van der Waals surface area contributed by atoms with Crippen molar-refractivity contribution in [1.29, 1.82) is 0 Å². The van der Waals surface area contributed by atoms with Gasteiger partial charge in [0.15, 0.2) is 5.82 Å². The molecular formula is C30H27FN8O6. The van der Waals surface area contributed by atoms with Crippen LogP contribution in [-0.4, -0.2) is 56.6 Å². The number of benzene rings is 2. The summed E-state index contributed by atoms with van der Waals surface area (Å²) in [5.74, 6) is -2.32. The van der Waals surface area contributed by atoms with Gasteiger partial charge in [-0.25, -0.2) is 14.0 Å². The second kappa shape index (κ2) is 12.7. The molecule has 0 atom stereocenters. The molecule has 2 aromatic carbocycles. The smallest absolute Gasteiger partial charge is 0.328 e. The lowest BCUT2D eigenvalue weighted by molar-refractivity contribution is -0.134. The Morgan fingerprint density at radius 2 is 1.84 bits per heavy atom. The number of hydrogen-bond donors (Lipinski definition) is 5. The van der Waals surface area contributed by atoms with Crippen molar-refractivity contribution in [2.45, 2.75) is 25.4 Å². The van der Waals surface area contributed by atoms with Gasteiger partial charge in [0.2, 0.25) is 11.9 Å². The molecular weight excluding hydrogens is 587 g/mol. The van der Waals surface area contributed by atoms with Crippen LogP contribution in [0.3, 0.4) is 0 Å². The number of nitrogens with one attached hydrogen (secondary N) is 1. The van der Waals surface area contributed by atoms with E-state index in [1.54, 1.807) is 54.6 Å². The standard InChI is InChI=1S/C26H23FN8O2.C4H4O4/c1-34-12-17(11-29-34)30-26-32-23(31-25(28)33-26)18-3-2-4-21(19(18)13-36)35-8-7-15-9-16(14-5-6-14)10-20(27)22(15)24(35)37;5-3(6)1-2-4(7)8/h2-4,7-12,14,36H,5-6,13H2,1H3,(H3,28,30,31,32,33);1-2H,(H,5,6)(H,7,8)/b;2-1-. The molecule has 230 valence electrons. The number of halogens is 1. The number of nitrogen functional groups attached to an aromatic ring is 1. The molecule has 0 unspecified atom stereocenters. The van der Waals surface area contributed by atoms with Gasteiger partial charge in [-0.1, -0.05) is 18.2 Å². The SMILES string of the molecule is Cn1cc(Nc2nc(N)nc(-c3cccc(-n4ccc5cc(C6CC6)cc(F)c5c4=O)c3CO)n2)cn1.O=C(O)/C=C\C(=O)O. The number of carboxylic acids is 2. The maximum Gasteiger partial charge on any atom is 0.328 e. The van der Waals surface area contributed by atoms with Gasteiger partial charge in [0.1, 0.15) is 5.82 Å². The van der Waals surface area contributed by atoms with Crippen LogP contribution in [0.5, 0.6) is 0 Å². The molecule has 0 aliphatic heterocycles. The number of rotatable bonds is 8. The number of aromatic nitrogens is 6. The average molecular weight is 615 g/mol. The van der Waals surface area contributed by atoms with E-state index in [9.17, 15) is 19.5 Å². The fourth-order valence-corrected chi connectivity index (χ4v) is 4.69. The van der Waals surface area contributed by atoms with E-state index in [0.29, 0.717) is 46.0 Å². The van der Waals surface area contributed by atoms with Crippen LogP contribution in [0.2, 0.25) is 0 Å². The molecule has 0 saturated heterocycles. The van der Waals surface area contributed by atoms with Gasteiger partial charge in [-0.15, -0.1) is 0 Å². The average Bonchev–Trinajstić information content (AvgIpc) is 3.77. The van der Waals surface area contributed by atoms with Crippen LogP contribution in [0.25, 0.3) is 27.8 Å². The minimum atomic E-state index is -1.26. The summed E-state index contributed by atoms with van der Waals surface area (Å²) in [4.78, 5) is 45.4. The van der Waals surface area contributed by atoms with Crippen LogP contribution in [-0.2, 0) is 23.2 Å². The maximum atomic E-state index is 15.1. The molecule has 15 heteroatoms. The number of nitrogens with zero attached hydrogens (tertiary/aromatic N) is 6. The molecule has 0 radical (unpaired) electrons. The Balaban J connectivity index is 0.000000444. The lowest BCUT2D eigenvalue weighted by atomic mass is 10.0. The topological polar surface area (TPSA) is 211 Å². The highest BCUT2D eigenvalue weighted by Crippen LogP contribution is 2.41. The number of fused-ring (bicyclic) bond motifs is 1. The highest BCUT2D eigenvalue weighted by atomic mass is 19.1. The Morgan fingerprint density at radius 3 is 2.47 bits per heavy atom. The molecule has 1 aliphatic rings. The Morgan fingerprint density at radius 1 is 1.11 bits per heavy atom. The molecule has 1 aliphatic carbocycles. The molecule has 0 amide bonds. The number of nitrogens with two attached hydrogens (primary N) is 1. The van der Waals surface area contributed by atoms with Crippen molar-refractivity contribution < 1.29 is 29.3 Å². The predicted molar refractivity (Wildman–Crippen MR) is 162 cm³/mol. The van der Waals surface area contributed by atoms with E-state index >= 15 is 4.39 Å². The lowest BCUT2D eigenvalue weighted by Gasteiger charge is -2.16. The third kappa shape index (κ3) is 7.00. The van der Waals surface area contributed by atoms with E-state index in [2.05, 4.69) is 25.4 Å². The van der Waals surface area contributed by atoms with Crippen molar-refractivity contribution in [3.05, 3.63) is 94.4 Å². The predicted octanol–water partition coefficient (Wildman–Crippen LogP) is 3.12. The number of carboxylic acid groups (broad SMARTS) is 2.